The first-order valence-electron chi connectivity index (χ1n) is 11.7. The van der Waals surface area contributed by atoms with E-state index in [-0.39, 0.29) is 5.91 Å². The lowest BCUT2D eigenvalue weighted by atomic mass is 9.96. The van der Waals surface area contributed by atoms with E-state index in [9.17, 15) is 4.79 Å². The van der Waals surface area contributed by atoms with Crippen LogP contribution in [0.1, 0.15) is 53.9 Å². The van der Waals surface area contributed by atoms with Crippen LogP contribution >= 0.6 is 0 Å². The average molecular weight is 438 g/mol. The number of anilines is 1. The SMILES string of the molecule is COc1ccc(CCNc2nc([C@H]3CCCN(C)C3)nc3c2CN(C(C)=O)CC3)cc1C. The highest BCUT2D eigenvalue weighted by atomic mass is 16.5. The maximum atomic E-state index is 12.0. The second-order valence-corrected chi connectivity index (χ2v) is 9.13. The molecule has 172 valence electrons. The molecule has 2 aromatic rings. The van der Waals surface area contributed by atoms with Crippen LogP contribution in [0.5, 0.6) is 5.75 Å². The first-order chi connectivity index (χ1) is 15.4. The van der Waals surface area contributed by atoms with Crippen molar-refractivity contribution >= 4 is 11.7 Å². The third-order valence-electron chi connectivity index (χ3n) is 6.68. The van der Waals surface area contributed by atoms with Crippen LogP contribution in [0.25, 0.3) is 0 Å². The van der Waals surface area contributed by atoms with Gasteiger partial charge in [-0.2, -0.15) is 0 Å². The quantitative estimate of drug-likeness (QED) is 0.749. The molecule has 1 saturated heterocycles. The largest absolute Gasteiger partial charge is 0.496 e. The van der Waals surface area contributed by atoms with Crippen molar-refractivity contribution in [2.45, 2.75) is 52.0 Å². The number of rotatable bonds is 6. The summed E-state index contributed by atoms with van der Waals surface area (Å²) in [5.74, 6) is 3.24. The van der Waals surface area contributed by atoms with Crippen LogP contribution in [0.3, 0.4) is 0 Å². The molecule has 1 aromatic heterocycles. The van der Waals surface area contributed by atoms with E-state index in [1.165, 1.54) is 12.0 Å². The number of piperidine rings is 1. The molecule has 1 fully saturated rings. The first-order valence-corrected chi connectivity index (χ1v) is 11.7. The van der Waals surface area contributed by atoms with Gasteiger partial charge in [0.05, 0.1) is 19.3 Å². The van der Waals surface area contributed by atoms with Gasteiger partial charge in [0.15, 0.2) is 0 Å². The number of nitrogens with one attached hydrogen (secondary N) is 1. The molecule has 0 unspecified atom stereocenters. The van der Waals surface area contributed by atoms with Gasteiger partial charge in [0, 0.05) is 44.5 Å². The van der Waals surface area contributed by atoms with E-state index in [2.05, 4.69) is 36.3 Å². The van der Waals surface area contributed by atoms with E-state index in [4.69, 9.17) is 14.7 Å². The molecule has 2 aliphatic rings. The van der Waals surface area contributed by atoms with Crippen LogP contribution in [0, 0.1) is 6.92 Å². The molecule has 0 radical (unpaired) electrons. The number of aromatic nitrogens is 2. The Bertz CT molecular complexity index is 977. The van der Waals surface area contributed by atoms with Crippen molar-refractivity contribution in [3.05, 3.63) is 46.4 Å². The highest BCUT2D eigenvalue weighted by Gasteiger charge is 2.27. The molecule has 7 nitrogen and oxygen atoms in total. The molecule has 3 heterocycles. The van der Waals surface area contributed by atoms with Crippen molar-refractivity contribution in [2.75, 3.05) is 45.7 Å². The Morgan fingerprint density at radius 3 is 2.84 bits per heavy atom. The zero-order valence-electron chi connectivity index (χ0n) is 19.8. The number of carbonyl (C=O) groups is 1. The summed E-state index contributed by atoms with van der Waals surface area (Å²) in [6, 6.07) is 6.32. The van der Waals surface area contributed by atoms with Crippen LogP contribution in [0.2, 0.25) is 0 Å². The summed E-state index contributed by atoms with van der Waals surface area (Å²) < 4.78 is 5.38. The molecule has 7 heteroatoms. The van der Waals surface area contributed by atoms with Gasteiger partial charge in [-0.15, -0.1) is 0 Å². The van der Waals surface area contributed by atoms with Gasteiger partial charge in [-0.05, 0) is 57.0 Å². The molecule has 2 aliphatic heterocycles. The standard InChI is InChI=1S/C25H35N5O2/c1-17-14-19(7-8-23(17)32-4)9-11-26-25-21-16-30(18(2)31)13-10-22(21)27-24(28-25)20-6-5-12-29(3)15-20/h7-8,14,20H,5-6,9-13,15-16H2,1-4H3,(H,26,27,28)/t20-/m0/s1. The van der Waals surface area contributed by atoms with E-state index >= 15 is 0 Å². The summed E-state index contributed by atoms with van der Waals surface area (Å²) in [7, 11) is 3.87. The number of likely N-dealkylation sites (N-methyl/N-ethyl adjacent to an activating group) is 1. The van der Waals surface area contributed by atoms with Gasteiger partial charge in [-0.1, -0.05) is 12.1 Å². The topological polar surface area (TPSA) is 70.6 Å². The number of likely N-dealkylation sites (tertiary alicyclic amines) is 1. The highest BCUT2D eigenvalue weighted by molar-refractivity contribution is 5.74. The third kappa shape index (κ3) is 5.04. The number of amides is 1. The Morgan fingerprint density at radius 1 is 1.28 bits per heavy atom. The fourth-order valence-corrected chi connectivity index (χ4v) is 4.83. The van der Waals surface area contributed by atoms with Crippen LogP contribution in [-0.2, 0) is 24.2 Å². The van der Waals surface area contributed by atoms with Crippen molar-refractivity contribution in [1.29, 1.82) is 0 Å². The fraction of sp³-hybridized carbons (Fsp3) is 0.560. The summed E-state index contributed by atoms with van der Waals surface area (Å²) in [6.45, 7) is 7.94. The summed E-state index contributed by atoms with van der Waals surface area (Å²) in [5.41, 5.74) is 4.58. The lowest BCUT2D eigenvalue weighted by Gasteiger charge is -2.32. The monoisotopic (exact) mass is 437 g/mol. The lowest BCUT2D eigenvalue weighted by Crippen LogP contribution is -2.36. The van der Waals surface area contributed by atoms with Crippen LogP contribution < -0.4 is 10.1 Å². The van der Waals surface area contributed by atoms with Crippen LogP contribution in [0.4, 0.5) is 5.82 Å². The van der Waals surface area contributed by atoms with E-state index in [1.54, 1.807) is 14.0 Å². The molecule has 1 aromatic carbocycles. The minimum Gasteiger partial charge on any atom is -0.496 e. The van der Waals surface area contributed by atoms with Gasteiger partial charge in [0.1, 0.15) is 17.4 Å². The van der Waals surface area contributed by atoms with E-state index < -0.39 is 0 Å². The normalized spacial score (nSPS) is 18.9. The number of aryl methyl sites for hydroxylation is 1. The second kappa shape index (κ2) is 9.86. The minimum absolute atomic E-state index is 0.105. The molecular formula is C25H35N5O2. The molecule has 1 atom stereocenters. The Labute approximate surface area is 191 Å². The molecule has 0 bridgehead atoms. The molecule has 32 heavy (non-hydrogen) atoms. The van der Waals surface area contributed by atoms with Crippen LogP contribution in [0.15, 0.2) is 18.2 Å². The second-order valence-electron chi connectivity index (χ2n) is 9.13. The number of fused-ring (bicyclic) bond motifs is 1. The van der Waals surface area contributed by atoms with E-state index in [1.807, 2.05) is 11.0 Å². The van der Waals surface area contributed by atoms with Crippen LogP contribution in [-0.4, -0.2) is 66.0 Å². The van der Waals surface area contributed by atoms with Gasteiger partial charge in [-0.25, -0.2) is 9.97 Å². The zero-order valence-corrected chi connectivity index (χ0v) is 19.8. The number of nitrogens with zero attached hydrogens (tertiary/aromatic N) is 4. The molecule has 1 amide bonds. The summed E-state index contributed by atoms with van der Waals surface area (Å²) in [6.07, 6.45) is 3.99. The van der Waals surface area contributed by atoms with Gasteiger partial charge in [-0.3, -0.25) is 4.79 Å². The predicted molar refractivity (Wildman–Crippen MR) is 126 cm³/mol. The van der Waals surface area contributed by atoms with E-state index in [0.717, 1.165) is 79.7 Å². The number of hydrogen-bond acceptors (Lipinski definition) is 6. The Balaban J connectivity index is 1.55. The van der Waals surface area contributed by atoms with Crippen molar-refractivity contribution in [1.82, 2.24) is 19.8 Å². The number of ether oxygens (including phenoxy) is 1. The number of carbonyl (C=O) groups excluding carboxylic acids is 1. The molecular weight excluding hydrogens is 402 g/mol. The van der Waals surface area contributed by atoms with Crippen molar-refractivity contribution < 1.29 is 9.53 Å². The molecule has 0 aliphatic carbocycles. The maximum Gasteiger partial charge on any atom is 0.219 e. The van der Waals surface area contributed by atoms with Gasteiger partial charge in [0.2, 0.25) is 5.91 Å². The van der Waals surface area contributed by atoms with E-state index in [0.29, 0.717) is 12.5 Å². The van der Waals surface area contributed by atoms with Gasteiger partial charge < -0.3 is 19.9 Å². The number of methoxy groups -OCH3 is 1. The molecule has 4 rings (SSSR count). The molecule has 1 N–H and O–H groups in total. The number of benzene rings is 1. The summed E-state index contributed by atoms with van der Waals surface area (Å²) >= 11 is 0. The predicted octanol–water partition coefficient (Wildman–Crippen LogP) is 3.16. The number of hydrogen-bond donors (Lipinski definition) is 1. The third-order valence-corrected chi connectivity index (χ3v) is 6.68. The smallest absolute Gasteiger partial charge is 0.219 e. The maximum absolute atomic E-state index is 12.0. The summed E-state index contributed by atoms with van der Waals surface area (Å²) in [4.78, 5) is 26.3. The van der Waals surface area contributed by atoms with Crippen molar-refractivity contribution in [3.8, 4) is 5.75 Å². The average Bonchev–Trinajstić information content (AvgIpc) is 2.78. The zero-order chi connectivity index (χ0) is 22.7. The van der Waals surface area contributed by atoms with Gasteiger partial charge in [0.25, 0.3) is 0 Å². The Kier molecular flexibility index (Phi) is 6.94. The first kappa shape index (κ1) is 22.5. The van der Waals surface area contributed by atoms with Gasteiger partial charge >= 0.3 is 0 Å². The molecule has 0 spiro atoms. The summed E-state index contributed by atoms with van der Waals surface area (Å²) in [5, 5.41) is 3.59. The Hall–Kier alpha value is -2.67. The highest BCUT2D eigenvalue weighted by Crippen LogP contribution is 2.30. The van der Waals surface area contributed by atoms with Crippen molar-refractivity contribution in [2.24, 2.45) is 0 Å². The fourth-order valence-electron chi connectivity index (χ4n) is 4.83. The minimum atomic E-state index is 0.105. The molecule has 0 saturated carbocycles. The van der Waals surface area contributed by atoms with Crippen molar-refractivity contribution in [3.63, 3.8) is 0 Å². The Morgan fingerprint density at radius 2 is 2.12 bits per heavy atom. The lowest BCUT2D eigenvalue weighted by molar-refractivity contribution is -0.129.